The first-order chi connectivity index (χ1) is 13.9. The normalized spacial score (nSPS) is 14.7. The molecule has 2 atom stereocenters. The number of nitrogens with zero attached hydrogens (tertiary/aromatic N) is 1. The van der Waals surface area contributed by atoms with Crippen LogP contribution in [0.25, 0.3) is 0 Å². The van der Waals surface area contributed by atoms with E-state index in [1.807, 2.05) is 0 Å². The van der Waals surface area contributed by atoms with Gasteiger partial charge in [0, 0.05) is 5.56 Å². The Bertz CT molecular complexity index is 935. The summed E-state index contributed by atoms with van der Waals surface area (Å²) in [6.45, 7) is 4.95. The van der Waals surface area contributed by atoms with Gasteiger partial charge in [0.2, 0.25) is 0 Å². The molecule has 1 heterocycles. The average molecular weight is 392 g/mol. The fraction of sp³-hybridized carbons (Fsp3) is 0.182. The number of nitrogens with one attached hydrogen (secondary N) is 1. The molecule has 1 N–H and O–H groups in total. The number of hydrogen-bond donors (Lipinski definition) is 1. The second-order valence-electron chi connectivity index (χ2n) is 6.54. The van der Waals surface area contributed by atoms with E-state index in [4.69, 9.17) is 4.74 Å². The van der Waals surface area contributed by atoms with Crippen LogP contribution in [0.2, 0.25) is 0 Å². The number of rotatable bonds is 7. The molecule has 0 bridgehead atoms. The molecule has 0 aromatic heterocycles. The van der Waals surface area contributed by atoms with E-state index in [1.54, 1.807) is 54.6 Å². The van der Waals surface area contributed by atoms with E-state index in [2.05, 4.69) is 11.9 Å². The maximum Gasteiger partial charge on any atom is 0.329 e. The summed E-state index contributed by atoms with van der Waals surface area (Å²) in [6, 6.07) is 14.0. The Balaban J connectivity index is 1.60. The van der Waals surface area contributed by atoms with Crippen LogP contribution in [0.3, 0.4) is 0 Å². The third-order valence-electron chi connectivity index (χ3n) is 4.51. The molecule has 29 heavy (non-hydrogen) atoms. The van der Waals surface area contributed by atoms with Gasteiger partial charge in [-0.3, -0.25) is 19.3 Å². The number of carbonyl (C=O) groups is 4. The van der Waals surface area contributed by atoms with Gasteiger partial charge in [-0.25, -0.2) is 4.79 Å². The lowest BCUT2D eigenvalue weighted by Crippen LogP contribution is -2.43. The zero-order valence-electron chi connectivity index (χ0n) is 15.8. The quantitative estimate of drug-likeness (QED) is 0.443. The van der Waals surface area contributed by atoms with Crippen molar-refractivity contribution in [3.8, 4) is 0 Å². The standard InChI is InChI=1S/C22H20N2O5/c1-3-16(13-24-20(26)17-11-7-8-12-18(17)21(24)27)29-22(28)14(2)23-19(25)15-9-5-4-6-10-15/h3-12,14,16H,1,13H2,2H3,(H,23,25). The van der Waals surface area contributed by atoms with Crippen molar-refractivity contribution in [3.05, 3.63) is 83.9 Å². The van der Waals surface area contributed by atoms with E-state index in [0.29, 0.717) is 16.7 Å². The molecule has 7 heteroatoms. The van der Waals surface area contributed by atoms with Crippen LogP contribution in [0.4, 0.5) is 0 Å². The zero-order valence-corrected chi connectivity index (χ0v) is 15.8. The van der Waals surface area contributed by atoms with Gasteiger partial charge in [0.1, 0.15) is 12.1 Å². The summed E-state index contributed by atoms with van der Waals surface area (Å²) in [5.41, 5.74) is 1.05. The molecule has 7 nitrogen and oxygen atoms in total. The van der Waals surface area contributed by atoms with Crippen molar-refractivity contribution >= 4 is 23.7 Å². The van der Waals surface area contributed by atoms with E-state index < -0.39 is 35.8 Å². The molecule has 0 radical (unpaired) electrons. The minimum atomic E-state index is -0.924. The monoisotopic (exact) mass is 392 g/mol. The Morgan fingerprint density at radius 3 is 2.14 bits per heavy atom. The van der Waals surface area contributed by atoms with E-state index in [0.717, 1.165) is 4.90 Å². The van der Waals surface area contributed by atoms with E-state index in [9.17, 15) is 19.2 Å². The second-order valence-corrected chi connectivity index (χ2v) is 6.54. The summed E-state index contributed by atoms with van der Waals surface area (Å²) in [6.07, 6.45) is 0.438. The lowest BCUT2D eigenvalue weighted by Gasteiger charge is -2.22. The van der Waals surface area contributed by atoms with Gasteiger partial charge in [-0.15, -0.1) is 0 Å². The Hall–Kier alpha value is -3.74. The minimum Gasteiger partial charge on any atom is -0.455 e. The molecule has 0 saturated heterocycles. The van der Waals surface area contributed by atoms with Crippen LogP contribution in [0.15, 0.2) is 67.3 Å². The molecule has 2 aromatic rings. The van der Waals surface area contributed by atoms with Crippen molar-refractivity contribution in [2.24, 2.45) is 0 Å². The first-order valence-corrected chi connectivity index (χ1v) is 9.06. The third-order valence-corrected chi connectivity index (χ3v) is 4.51. The maximum absolute atomic E-state index is 12.5. The predicted octanol–water partition coefficient (Wildman–Crippen LogP) is 2.20. The van der Waals surface area contributed by atoms with Crippen molar-refractivity contribution < 1.29 is 23.9 Å². The van der Waals surface area contributed by atoms with Crippen LogP contribution >= 0.6 is 0 Å². The van der Waals surface area contributed by atoms with Crippen LogP contribution in [0, 0.1) is 0 Å². The number of imide groups is 1. The summed E-state index contributed by atoms with van der Waals surface area (Å²) in [7, 11) is 0. The van der Waals surface area contributed by atoms with Gasteiger partial charge in [0.25, 0.3) is 17.7 Å². The molecule has 0 fully saturated rings. The molecule has 1 aliphatic rings. The summed E-state index contributed by atoms with van der Waals surface area (Å²) in [5, 5.41) is 2.56. The van der Waals surface area contributed by atoms with Crippen molar-refractivity contribution in [3.63, 3.8) is 0 Å². The zero-order chi connectivity index (χ0) is 21.0. The summed E-state index contributed by atoms with van der Waals surface area (Å²) < 4.78 is 5.34. The molecule has 2 unspecified atom stereocenters. The topological polar surface area (TPSA) is 92.8 Å². The van der Waals surface area contributed by atoms with Crippen molar-refractivity contribution in [2.75, 3.05) is 6.54 Å². The van der Waals surface area contributed by atoms with Gasteiger partial charge in [-0.1, -0.05) is 36.9 Å². The highest BCUT2D eigenvalue weighted by Crippen LogP contribution is 2.23. The van der Waals surface area contributed by atoms with Gasteiger partial charge in [-0.2, -0.15) is 0 Å². The fourth-order valence-corrected chi connectivity index (χ4v) is 2.92. The fourth-order valence-electron chi connectivity index (χ4n) is 2.92. The molecule has 0 saturated carbocycles. The number of esters is 1. The molecule has 0 spiro atoms. The van der Waals surface area contributed by atoms with Crippen LogP contribution in [-0.4, -0.2) is 47.3 Å². The lowest BCUT2D eigenvalue weighted by molar-refractivity contribution is -0.149. The van der Waals surface area contributed by atoms with Crippen molar-refractivity contribution in [1.82, 2.24) is 10.2 Å². The Labute approximate surface area is 168 Å². The molecule has 2 aromatic carbocycles. The van der Waals surface area contributed by atoms with E-state index in [-0.39, 0.29) is 6.54 Å². The van der Waals surface area contributed by atoms with Crippen LogP contribution in [0.1, 0.15) is 38.0 Å². The molecule has 0 aliphatic carbocycles. The highest BCUT2D eigenvalue weighted by Gasteiger charge is 2.36. The first kappa shape index (κ1) is 20.0. The van der Waals surface area contributed by atoms with Crippen LogP contribution in [-0.2, 0) is 9.53 Å². The molecular weight excluding hydrogens is 372 g/mol. The summed E-state index contributed by atoms with van der Waals surface area (Å²) >= 11 is 0. The van der Waals surface area contributed by atoms with Crippen LogP contribution in [0.5, 0.6) is 0 Å². The number of benzene rings is 2. The van der Waals surface area contributed by atoms with Gasteiger partial charge in [-0.05, 0) is 37.3 Å². The molecule has 3 amide bonds. The van der Waals surface area contributed by atoms with E-state index in [1.165, 1.54) is 13.0 Å². The third kappa shape index (κ3) is 4.24. The van der Waals surface area contributed by atoms with Gasteiger partial charge in [0.15, 0.2) is 0 Å². The average Bonchev–Trinajstić information content (AvgIpc) is 2.98. The van der Waals surface area contributed by atoms with E-state index >= 15 is 0 Å². The van der Waals surface area contributed by atoms with Gasteiger partial charge >= 0.3 is 5.97 Å². The predicted molar refractivity (Wildman–Crippen MR) is 105 cm³/mol. The highest BCUT2D eigenvalue weighted by molar-refractivity contribution is 6.21. The summed E-state index contributed by atoms with van der Waals surface area (Å²) in [5.74, 6) is -2.00. The Kier molecular flexibility index (Phi) is 5.87. The lowest BCUT2D eigenvalue weighted by atomic mass is 10.1. The van der Waals surface area contributed by atoms with Crippen molar-refractivity contribution in [2.45, 2.75) is 19.1 Å². The molecule has 3 rings (SSSR count). The first-order valence-electron chi connectivity index (χ1n) is 9.06. The largest absolute Gasteiger partial charge is 0.455 e. The molecular formula is C22H20N2O5. The van der Waals surface area contributed by atoms with Gasteiger partial charge < -0.3 is 10.1 Å². The minimum absolute atomic E-state index is 0.152. The summed E-state index contributed by atoms with van der Waals surface area (Å²) in [4.78, 5) is 50.5. The van der Waals surface area contributed by atoms with Gasteiger partial charge in [0.05, 0.1) is 17.7 Å². The number of amides is 3. The van der Waals surface area contributed by atoms with Crippen LogP contribution < -0.4 is 5.32 Å². The number of ether oxygens (including phenoxy) is 1. The number of hydrogen-bond acceptors (Lipinski definition) is 5. The smallest absolute Gasteiger partial charge is 0.329 e. The molecule has 1 aliphatic heterocycles. The SMILES string of the molecule is C=CC(CN1C(=O)c2ccccc2C1=O)OC(=O)C(C)NC(=O)c1ccccc1. The number of fused-ring (bicyclic) bond motifs is 1. The van der Waals surface area contributed by atoms with Crippen molar-refractivity contribution in [1.29, 1.82) is 0 Å². The Morgan fingerprint density at radius 2 is 1.59 bits per heavy atom. The second kappa shape index (κ2) is 8.52. The highest BCUT2D eigenvalue weighted by atomic mass is 16.5. The number of carbonyl (C=O) groups excluding carboxylic acids is 4. The molecule has 148 valence electrons. The maximum atomic E-state index is 12.5. The Morgan fingerprint density at radius 1 is 1.03 bits per heavy atom.